The van der Waals surface area contributed by atoms with Crippen molar-refractivity contribution in [2.24, 2.45) is 0 Å². The van der Waals surface area contributed by atoms with Crippen LogP contribution in [0.5, 0.6) is 0 Å². The Morgan fingerprint density at radius 2 is 1.94 bits per heavy atom. The van der Waals surface area contributed by atoms with Gasteiger partial charge in [0, 0.05) is 6.61 Å². The van der Waals surface area contributed by atoms with Gasteiger partial charge in [0.2, 0.25) is 0 Å². The van der Waals surface area contributed by atoms with Gasteiger partial charge in [-0.1, -0.05) is 6.92 Å². The maximum absolute atomic E-state index is 11.5. The van der Waals surface area contributed by atoms with Gasteiger partial charge in [0.25, 0.3) is 0 Å². The highest BCUT2D eigenvalue weighted by Gasteiger charge is 2.19. The van der Waals surface area contributed by atoms with E-state index in [2.05, 4.69) is 5.32 Å². The number of likely N-dealkylation sites (N-methyl/N-ethyl adjacent to an activating group) is 1. The second-order valence-electron chi connectivity index (χ2n) is 4.61. The Hall–Kier alpha value is -0.610. The van der Waals surface area contributed by atoms with Gasteiger partial charge in [-0.2, -0.15) is 0 Å². The highest BCUT2D eigenvalue weighted by molar-refractivity contribution is 5.75. The van der Waals surface area contributed by atoms with Crippen molar-refractivity contribution in [1.82, 2.24) is 5.32 Å². The van der Waals surface area contributed by atoms with Gasteiger partial charge in [0.15, 0.2) is 0 Å². The number of hydrogen-bond donors (Lipinski definition) is 1. The molecule has 0 fully saturated rings. The zero-order valence-electron chi connectivity index (χ0n) is 11.1. The first-order valence-electron chi connectivity index (χ1n) is 5.94. The Morgan fingerprint density at radius 1 is 1.31 bits per heavy atom. The summed E-state index contributed by atoms with van der Waals surface area (Å²) in [4.78, 5) is 11.5. The Labute approximate surface area is 98.7 Å². The van der Waals surface area contributed by atoms with Gasteiger partial charge in [0.05, 0.1) is 12.2 Å². The fourth-order valence-corrected chi connectivity index (χ4v) is 1.28. The maximum atomic E-state index is 11.5. The molecule has 4 nitrogen and oxygen atoms in total. The number of carbonyl (C=O) groups is 1. The summed E-state index contributed by atoms with van der Waals surface area (Å²) in [5.74, 6) is -0.193. The quantitative estimate of drug-likeness (QED) is 0.678. The van der Waals surface area contributed by atoms with Gasteiger partial charge < -0.3 is 14.8 Å². The van der Waals surface area contributed by atoms with E-state index >= 15 is 0 Å². The molecule has 0 heterocycles. The molecule has 4 heteroatoms. The van der Waals surface area contributed by atoms with E-state index in [1.165, 1.54) is 0 Å². The predicted molar refractivity (Wildman–Crippen MR) is 64.4 cm³/mol. The number of nitrogens with one attached hydrogen (secondary N) is 1. The van der Waals surface area contributed by atoms with Gasteiger partial charge in [-0.3, -0.25) is 4.79 Å². The SMILES string of the molecule is CCNC(CCOC(C)(C)C)C(=O)OCC. The molecule has 0 aromatic rings. The largest absolute Gasteiger partial charge is 0.465 e. The van der Waals surface area contributed by atoms with Crippen LogP contribution in [0.2, 0.25) is 0 Å². The highest BCUT2D eigenvalue weighted by Crippen LogP contribution is 2.08. The first-order valence-corrected chi connectivity index (χ1v) is 5.94. The van der Waals surface area contributed by atoms with Gasteiger partial charge >= 0.3 is 5.97 Å². The van der Waals surface area contributed by atoms with Gasteiger partial charge in [-0.15, -0.1) is 0 Å². The average Bonchev–Trinajstić information content (AvgIpc) is 2.15. The second kappa shape index (κ2) is 7.63. The van der Waals surface area contributed by atoms with Crippen LogP contribution in [0.1, 0.15) is 41.0 Å². The topological polar surface area (TPSA) is 47.6 Å². The zero-order valence-corrected chi connectivity index (χ0v) is 11.1. The van der Waals surface area contributed by atoms with E-state index in [1.807, 2.05) is 34.6 Å². The molecule has 1 atom stereocenters. The minimum absolute atomic E-state index is 0.161. The molecule has 0 aliphatic carbocycles. The van der Waals surface area contributed by atoms with Crippen molar-refractivity contribution in [3.63, 3.8) is 0 Å². The summed E-state index contributed by atoms with van der Waals surface area (Å²) in [5.41, 5.74) is -0.161. The first kappa shape index (κ1) is 15.4. The molecular weight excluding hydrogens is 206 g/mol. The van der Waals surface area contributed by atoms with Gasteiger partial charge in [-0.25, -0.2) is 0 Å². The fraction of sp³-hybridized carbons (Fsp3) is 0.917. The minimum atomic E-state index is -0.257. The third-order valence-corrected chi connectivity index (χ3v) is 1.96. The molecule has 0 rings (SSSR count). The second-order valence-corrected chi connectivity index (χ2v) is 4.61. The molecule has 0 spiro atoms. The van der Waals surface area contributed by atoms with Crippen LogP contribution >= 0.6 is 0 Å². The fourth-order valence-electron chi connectivity index (χ4n) is 1.28. The summed E-state index contributed by atoms with van der Waals surface area (Å²) < 4.78 is 10.6. The molecule has 0 aliphatic rings. The van der Waals surface area contributed by atoms with E-state index in [4.69, 9.17) is 9.47 Å². The van der Waals surface area contributed by atoms with Crippen molar-refractivity contribution in [3.05, 3.63) is 0 Å². The molecule has 1 unspecified atom stereocenters. The molecule has 0 amide bonds. The van der Waals surface area contributed by atoms with Crippen LogP contribution in [0.4, 0.5) is 0 Å². The monoisotopic (exact) mass is 231 g/mol. The summed E-state index contributed by atoms with van der Waals surface area (Å²) in [6.07, 6.45) is 0.643. The molecule has 0 saturated carbocycles. The molecular formula is C12H25NO3. The molecule has 0 aromatic carbocycles. The van der Waals surface area contributed by atoms with Crippen LogP contribution in [0.25, 0.3) is 0 Å². The van der Waals surface area contributed by atoms with E-state index in [9.17, 15) is 4.79 Å². The molecule has 16 heavy (non-hydrogen) atoms. The van der Waals surface area contributed by atoms with E-state index in [0.29, 0.717) is 19.6 Å². The number of ether oxygens (including phenoxy) is 2. The smallest absolute Gasteiger partial charge is 0.323 e. The van der Waals surface area contributed by atoms with E-state index in [1.54, 1.807) is 0 Å². The van der Waals surface area contributed by atoms with Crippen molar-refractivity contribution in [2.75, 3.05) is 19.8 Å². The summed E-state index contributed by atoms with van der Waals surface area (Å²) in [7, 11) is 0. The molecule has 0 bridgehead atoms. The predicted octanol–water partition coefficient (Wildman–Crippen LogP) is 1.73. The van der Waals surface area contributed by atoms with Crippen LogP contribution in [0.3, 0.4) is 0 Å². The first-order chi connectivity index (χ1) is 7.40. The van der Waals surface area contributed by atoms with Gasteiger partial charge in [-0.05, 0) is 40.7 Å². The third-order valence-electron chi connectivity index (χ3n) is 1.96. The molecule has 96 valence electrons. The van der Waals surface area contributed by atoms with Gasteiger partial charge in [0.1, 0.15) is 6.04 Å². The summed E-state index contributed by atoms with van der Waals surface area (Å²) in [5, 5.41) is 3.10. The lowest BCUT2D eigenvalue weighted by atomic mass is 10.2. The standard InChI is InChI=1S/C12H25NO3/c1-6-13-10(11(14)15-7-2)8-9-16-12(3,4)5/h10,13H,6-9H2,1-5H3. The third kappa shape index (κ3) is 7.65. The lowest BCUT2D eigenvalue weighted by Crippen LogP contribution is -2.39. The van der Waals surface area contributed by atoms with Crippen LogP contribution in [-0.4, -0.2) is 37.4 Å². The lowest BCUT2D eigenvalue weighted by molar-refractivity contribution is -0.146. The summed E-state index contributed by atoms with van der Waals surface area (Å²) >= 11 is 0. The van der Waals surface area contributed by atoms with E-state index in [0.717, 1.165) is 6.54 Å². The van der Waals surface area contributed by atoms with Crippen molar-refractivity contribution in [1.29, 1.82) is 0 Å². The summed E-state index contributed by atoms with van der Waals surface area (Å²) in [6, 6.07) is -0.257. The number of carbonyl (C=O) groups excluding carboxylic acids is 1. The Balaban J connectivity index is 3.98. The Bertz CT molecular complexity index is 199. The van der Waals surface area contributed by atoms with Crippen molar-refractivity contribution in [3.8, 4) is 0 Å². The molecule has 0 aliphatic heterocycles. The van der Waals surface area contributed by atoms with Crippen LogP contribution < -0.4 is 5.32 Å². The Kier molecular flexibility index (Phi) is 7.34. The van der Waals surface area contributed by atoms with E-state index in [-0.39, 0.29) is 17.6 Å². The zero-order chi connectivity index (χ0) is 12.6. The number of rotatable bonds is 7. The van der Waals surface area contributed by atoms with Crippen molar-refractivity contribution >= 4 is 5.97 Å². The maximum Gasteiger partial charge on any atom is 0.323 e. The van der Waals surface area contributed by atoms with E-state index < -0.39 is 0 Å². The average molecular weight is 231 g/mol. The number of hydrogen-bond acceptors (Lipinski definition) is 4. The highest BCUT2D eigenvalue weighted by atomic mass is 16.5. The lowest BCUT2D eigenvalue weighted by Gasteiger charge is -2.22. The molecule has 1 N–H and O–H groups in total. The minimum Gasteiger partial charge on any atom is -0.465 e. The van der Waals surface area contributed by atoms with Crippen LogP contribution in [0, 0.1) is 0 Å². The van der Waals surface area contributed by atoms with Crippen LogP contribution in [0.15, 0.2) is 0 Å². The molecule has 0 radical (unpaired) electrons. The summed E-state index contributed by atoms with van der Waals surface area (Å²) in [6.45, 7) is 11.5. The van der Waals surface area contributed by atoms with Crippen molar-refractivity contribution in [2.45, 2.75) is 52.7 Å². The van der Waals surface area contributed by atoms with Crippen molar-refractivity contribution < 1.29 is 14.3 Å². The van der Waals surface area contributed by atoms with Crippen LogP contribution in [-0.2, 0) is 14.3 Å². The Morgan fingerprint density at radius 3 is 2.38 bits per heavy atom. The molecule has 0 saturated heterocycles. The number of esters is 1. The normalized spacial score (nSPS) is 13.6. The molecule has 0 aromatic heterocycles.